The van der Waals surface area contributed by atoms with Gasteiger partial charge in [-0.3, -0.25) is 4.79 Å². The number of para-hydroxylation sites is 1. The summed E-state index contributed by atoms with van der Waals surface area (Å²) in [5.74, 6) is 0.223. The molecule has 1 aromatic heterocycles. The van der Waals surface area contributed by atoms with Crippen LogP contribution < -0.4 is 5.32 Å². The molecule has 3 aromatic carbocycles. The minimum absolute atomic E-state index is 0.0147. The van der Waals surface area contributed by atoms with E-state index in [1.54, 1.807) is 30.3 Å². The van der Waals surface area contributed by atoms with Crippen LogP contribution in [0.15, 0.2) is 87.7 Å². The van der Waals surface area contributed by atoms with Crippen LogP contribution in [-0.4, -0.2) is 30.0 Å². The van der Waals surface area contributed by atoms with Gasteiger partial charge in [0, 0.05) is 11.3 Å². The molecule has 174 valence electrons. The molecule has 0 atom stereocenters. The molecule has 1 amide bonds. The summed E-state index contributed by atoms with van der Waals surface area (Å²) in [6.07, 6.45) is 0. The van der Waals surface area contributed by atoms with Crippen molar-refractivity contribution in [2.45, 2.75) is 35.7 Å². The molecule has 0 aliphatic carbocycles. The Hall–Kier alpha value is -3.36. The Morgan fingerprint density at radius 3 is 2.21 bits per heavy atom. The molecule has 4 rings (SSSR count). The first-order valence-corrected chi connectivity index (χ1v) is 13.2. The zero-order valence-corrected chi connectivity index (χ0v) is 20.8. The number of anilines is 1. The van der Waals surface area contributed by atoms with Gasteiger partial charge in [-0.15, -0.1) is 0 Å². The summed E-state index contributed by atoms with van der Waals surface area (Å²) >= 11 is 1.09. The molecule has 0 bridgehead atoms. The van der Waals surface area contributed by atoms with Gasteiger partial charge < -0.3 is 10.3 Å². The number of imidazole rings is 1. The van der Waals surface area contributed by atoms with Gasteiger partial charge in [0.15, 0.2) is 5.03 Å². The van der Waals surface area contributed by atoms with Crippen molar-refractivity contribution in [2.24, 2.45) is 0 Å². The second-order valence-corrected chi connectivity index (χ2v) is 10.9. The van der Waals surface area contributed by atoms with Crippen LogP contribution in [0.5, 0.6) is 0 Å². The molecule has 0 saturated carbocycles. The number of nitrogens with zero attached hydrogens (tertiary/aromatic N) is 1. The number of benzene rings is 3. The van der Waals surface area contributed by atoms with Crippen molar-refractivity contribution in [3.8, 4) is 11.4 Å². The summed E-state index contributed by atoms with van der Waals surface area (Å²) in [5, 5.41) is 3.18. The highest BCUT2D eigenvalue weighted by atomic mass is 32.2. The Labute approximate surface area is 203 Å². The molecule has 0 spiro atoms. The lowest BCUT2D eigenvalue weighted by Crippen LogP contribution is -2.16. The number of nitrogens with one attached hydrogen (secondary N) is 2. The smallest absolute Gasteiger partial charge is 0.234 e. The van der Waals surface area contributed by atoms with Gasteiger partial charge in [-0.25, -0.2) is 13.4 Å². The Morgan fingerprint density at radius 1 is 0.912 bits per heavy atom. The third-order valence-corrected chi connectivity index (χ3v) is 8.20. The minimum atomic E-state index is -3.86. The van der Waals surface area contributed by atoms with Gasteiger partial charge in [0.25, 0.3) is 0 Å². The number of carbonyl (C=O) groups excluding carboxylic acids is 1. The standard InChI is InChI=1S/C26H25N3O3S2/c1-17-12-14-20(15-13-17)24-28-25(26(29-24)34(31,32)21-10-5-4-6-11-21)33-16-22(30)27-23-18(2)8-7-9-19(23)3/h4-15H,16H2,1-3H3,(H,27,30)(H,28,29). The van der Waals surface area contributed by atoms with Crippen molar-refractivity contribution >= 4 is 33.2 Å². The van der Waals surface area contributed by atoms with E-state index in [0.717, 1.165) is 39.7 Å². The van der Waals surface area contributed by atoms with Gasteiger partial charge >= 0.3 is 0 Å². The van der Waals surface area contributed by atoms with Gasteiger partial charge in [-0.2, -0.15) is 0 Å². The van der Waals surface area contributed by atoms with Gasteiger partial charge in [-0.1, -0.05) is 78.0 Å². The maximum absolute atomic E-state index is 13.4. The maximum atomic E-state index is 13.4. The number of aryl methyl sites for hydroxylation is 3. The fourth-order valence-corrected chi connectivity index (χ4v) is 5.95. The molecule has 2 N–H and O–H groups in total. The second kappa shape index (κ2) is 9.87. The molecule has 0 fully saturated rings. The predicted molar refractivity (Wildman–Crippen MR) is 136 cm³/mol. The number of hydrogen-bond acceptors (Lipinski definition) is 5. The molecule has 0 aliphatic rings. The van der Waals surface area contributed by atoms with E-state index >= 15 is 0 Å². The van der Waals surface area contributed by atoms with Crippen molar-refractivity contribution < 1.29 is 13.2 Å². The van der Waals surface area contributed by atoms with E-state index in [2.05, 4.69) is 15.3 Å². The molecule has 6 nitrogen and oxygen atoms in total. The van der Waals surface area contributed by atoms with Crippen LogP contribution in [0.25, 0.3) is 11.4 Å². The number of hydrogen-bond donors (Lipinski definition) is 2. The van der Waals surface area contributed by atoms with Crippen molar-refractivity contribution in [1.29, 1.82) is 0 Å². The zero-order chi connectivity index (χ0) is 24.3. The van der Waals surface area contributed by atoms with E-state index in [-0.39, 0.29) is 26.6 Å². The fourth-order valence-electron chi connectivity index (χ4n) is 3.51. The number of aromatic amines is 1. The topological polar surface area (TPSA) is 91.9 Å². The van der Waals surface area contributed by atoms with E-state index in [0.29, 0.717) is 5.82 Å². The molecule has 0 radical (unpaired) electrons. The predicted octanol–water partition coefficient (Wildman–Crippen LogP) is 5.57. The molecule has 0 unspecified atom stereocenters. The summed E-state index contributed by atoms with van der Waals surface area (Å²) in [6.45, 7) is 5.84. The maximum Gasteiger partial charge on any atom is 0.234 e. The monoisotopic (exact) mass is 491 g/mol. The van der Waals surface area contributed by atoms with Gasteiger partial charge in [-0.05, 0) is 44.0 Å². The molecular formula is C26H25N3O3S2. The van der Waals surface area contributed by atoms with Crippen LogP contribution in [0, 0.1) is 20.8 Å². The van der Waals surface area contributed by atoms with Crippen molar-refractivity contribution in [1.82, 2.24) is 9.97 Å². The quantitative estimate of drug-likeness (QED) is 0.330. The molecule has 8 heteroatoms. The first-order valence-electron chi connectivity index (χ1n) is 10.7. The van der Waals surface area contributed by atoms with Gasteiger partial charge in [0.05, 0.1) is 10.6 Å². The van der Waals surface area contributed by atoms with E-state index < -0.39 is 9.84 Å². The van der Waals surface area contributed by atoms with E-state index in [1.807, 2.05) is 63.2 Å². The number of amides is 1. The first-order chi connectivity index (χ1) is 16.3. The summed E-state index contributed by atoms with van der Waals surface area (Å²) in [5.41, 5.74) is 4.55. The largest absolute Gasteiger partial charge is 0.328 e. The first kappa shape index (κ1) is 23.8. The number of thioether (sulfide) groups is 1. The average molecular weight is 492 g/mol. The lowest BCUT2D eigenvalue weighted by atomic mass is 10.1. The fraction of sp³-hybridized carbons (Fsp3) is 0.154. The van der Waals surface area contributed by atoms with Crippen LogP contribution in [-0.2, 0) is 14.6 Å². The normalized spacial score (nSPS) is 11.4. The van der Waals surface area contributed by atoms with E-state index in [1.165, 1.54) is 0 Å². The highest BCUT2D eigenvalue weighted by molar-refractivity contribution is 8.00. The molecule has 1 heterocycles. The Balaban J connectivity index is 1.65. The average Bonchev–Trinajstić information content (AvgIpc) is 3.26. The lowest BCUT2D eigenvalue weighted by Gasteiger charge is -2.11. The SMILES string of the molecule is Cc1ccc(-c2nc(SCC(=O)Nc3c(C)cccc3C)c(S(=O)(=O)c3ccccc3)[nH]2)cc1. The summed E-state index contributed by atoms with van der Waals surface area (Å²) < 4.78 is 26.8. The van der Waals surface area contributed by atoms with E-state index in [4.69, 9.17) is 0 Å². The molecule has 34 heavy (non-hydrogen) atoms. The molecule has 4 aromatic rings. The Bertz CT molecular complexity index is 1410. The number of sulfone groups is 1. The Morgan fingerprint density at radius 2 is 1.56 bits per heavy atom. The van der Waals surface area contributed by atoms with Gasteiger partial charge in [0.1, 0.15) is 10.9 Å². The Kier molecular flexibility index (Phi) is 6.90. The lowest BCUT2D eigenvalue weighted by molar-refractivity contribution is -0.113. The highest BCUT2D eigenvalue weighted by Crippen LogP contribution is 2.32. The third kappa shape index (κ3) is 5.08. The third-order valence-electron chi connectivity index (χ3n) is 5.37. The number of aromatic nitrogens is 2. The summed E-state index contributed by atoms with van der Waals surface area (Å²) in [6, 6.07) is 21.6. The molecule has 0 saturated heterocycles. The highest BCUT2D eigenvalue weighted by Gasteiger charge is 2.26. The van der Waals surface area contributed by atoms with E-state index in [9.17, 15) is 13.2 Å². The van der Waals surface area contributed by atoms with Crippen LogP contribution >= 0.6 is 11.8 Å². The van der Waals surface area contributed by atoms with Gasteiger partial charge in [0.2, 0.25) is 15.7 Å². The molecular weight excluding hydrogens is 466 g/mol. The number of carbonyl (C=O) groups is 1. The van der Waals surface area contributed by atoms with Crippen molar-refractivity contribution in [3.63, 3.8) is 0 Å². The second-order valence-electron chi connectivity index (χ2n) is 8.01. The van der Waals surface area contributed by atoms with Crippen molar-refractivity contribution in [2.75, 3.05) is 11.1 Å². The van der Waals surface area contributed by atoms with Crippen LogP contribution in [0.1, 0.15) is 16.7 Å². The van der Waals surface area contributed by atoms with Crippen LogP contribution in [0.3, 0.4) is 0 Å². The van der Waals surface area contributed by atoms with Crippen LogP contribution in [0.2, 0.25) is 0 Å². The minimum Gasteiger partial charge on any atom is -0.328 e. The molecule has 0 aliphatic heterocycles. The summed E-state index contributed by atoms with van der Waals surface area (Å²) in [4.78, 5) is 20.4. The van der Waals surface area contributed by atoms with Crippen LogP contribution in [0.4, 0.5) is 5.69 Å². The zero-order valence-electron chi connectivity index (χ0n) is 19.1. The summed E-state index contributed by atoms with van der Waals surface area (Å²) in [7, 11) is -3.86. The number of H-pyrrole nitrogens is 1. The van der Waals surface area contributed by atoms with Crippen molar-refractivity contribution in [3.05, 3.63) is 89.5 Å². The number of rotatable bonds is 7.